The van der Waals surface area contributed by atoms with Crippen LogP contribution in [0.25, 0.3) is 0 Å². The van der Waals surface area contributed by atoms with Crippen LogP contribution in [0.3, 0.4) is 0 Å². The standard InChI is InChI=1S/C17H26N2O2.ClH/c1-3-13(2)15-8-4-5-9-16(15)21-12-17(20)19-14-7-6-10-18-11-14;/h4-5,8-9,13-14,18H,3,6-7,10-12H2,1-2H3,(H,19,20);1H/t13?,14-;/m0./s1. The predicted molar refractivity (Wildman–Crippen MR) is 91.9 cm³/mol. The van der Waals surface area contributed by atoms with Crippen LogP contribution in [0.4, 0.5) is 0 Å². The van der Waals surface area contributed by atoms with Gasteiger partial charge >= 0.3 is 0 Å². The molecule has 1 amide bonds. The molecule has 5 heteroatoms. The maximum absolute atomic E-state index is 12.0. The molecule has 0 aromatic heterocycles. The van der Waals surface area contributed by atoms with E-state index in [0.29, 0.717) is 5.92 Å². The van der Waals surface area contributed by atoms with Gasteiger partial charge in [-0.2, -0.15) is 0 Å². The molecule has 0 aliphatic carbocycles. The van der Waals surface area contributed by atoms with E-state index in [2.05, 4.69) is 30.5 Å². The molecule has 1 aromatic carbocycles. The number of piperidine rings is 1. The summed E-state index contributed by atoms with van der Waals surface area (Å²) in [5, 5.41) is 6.32. The number of halogens is 1. The van der Waals surface area contributed by atoms with Gasteiger partial charge in [-0.15, -0.1) is 12.4 Å². The largest absolute Gasteiger partial charge is 0.483 e. The molecule has 1 unspecified atom stereocenters. The highest BCUT2D eigenvalue weighted by atomic mass is 35.5. The Hall–Kier alpha value is -1.26. The van der Waals surface area contributed by atoms with Gasteiger partial charge in [0.1, 0.15) is 5.75 Å². The van der Waals surface area contributed by atoms with Gasteiger partial charge in [-0.3, -0.25) is 4.79 Å². The van der Waals surface area contributed by atoms with E-state index in [1.807, 2.05) is 18.2 Å². The molecule has 4 nitrogen and oxygen atoms in total. The lowest BCUT2D eigenvalue weighted by Crippen LogP contribution is -2.47. The number of benzene rings is 1. The summed E-state index contributed by atoms with van der Waals surface area (Å²) in [5.41, 5.74) is 1.17. The van der Waals surface area contributed by atoms with E-state index in [4.69, 9.17) is 4.74 Å². The van der Waals surface area contributed by atoms with Gasteiger partial charge < -0.3 is 15.4 Å². The van der Waals surface area contributed by atoms with Gasteiger partial charge in [-0.25, -0.2) is 0 Å². The number of rotatable bonds is 6. The highest BCUT2D eigenvalue weighted by molar-refractivity contribution is 5.85. The second-order valence-corrected chi connectivity index (χ2v) is 5.75. The van der Waals surface area contributed by atoms with Gasteiger partial charge in [0.2, 0.25) is 0 Å². The molecule has 2 atom stereocenters. The second-order valence-electron chi connectivity index (χ2n) is 5.75. The third-order valence-electron chi connectivity index (χ3n) is 4.08. The van der Waals surface area contributed by atoms with Crippen LogP contribution in [-0.2, 0) is 4.79 Å². The number of hydrogen-bond acceptors (Lipinski definition) is 3. The highest BCUT2D eigenvalue weighted by Crippen LogP contribution is 2.28. The zero-order valence-corrected chi connectivity index (χ0v) is 14.2. The molecule has 0 bridgehead atoms. The van der Waals surface area contributed by atoms with Crippen LogP contribution in [0.5, 0.6) is 5.75 Å². The summed E-state index contributed by atoms with van der Waals surface area (Å²) in [5.74, 6) is 1.22. The van der Waals surface area contributed by atoms with Crippen molar-refractivity contribution in [3.8, 4) is 5.75 Å². The Morgan fingerprint density at radius 3 is 2.91 bits per heavy atom. The number of amides is 1. The number of hydrogen-bond donors (Lipinski definition) is 2. The normalized spacial score (nSPS) is 18.9. The molecular weight excluding hydrogens is 300 g/mol. The van der Waals surface area contributed by atoms with E-state index < -0.39 is 0 Å². The maximum Gasteiger partial charge on any atom is 0.258 e. The van der Waals surface area contributed by atoms with E-state index in [1.165, 1.54) is 5.56 Å². The fourth-order valence-electron chi connectivity index (χ4n) is 2.63. The van der Waals surface area contributed by atoms with Crippen molar-refractivity contribution in [2.24, 2.45) is 0 Å². The van der Waals surface area contributed by atoms with E-state index in [-0.39, 0.29) is 31.0 Å². The molecule has 0 radical (unpaired) electrons. The highest BCUT2D eigenvalue weighted by Gasteiger charge is 2.16. The first-order valence-electron chi connectivity index (χ1n) is 7.92. The molecule has 2 rings (SSSR count). The molecule has 1 aliphatic rings. The topological polar surface area (TPSA) is 50.4 Å². The number of carbonyl (C=O) groups is 1. The van der Waals surface area contributed by atoms with Gasteiger partial charge in [0.25, 0.3) is 5.91 Å². The van der Waals surface area contributed by atoms with Crippen molar-refractivity contribution in [1.29, 1.82) is 0 Å². The summed E-state index contributed by atoms with van der Waals surface area (Å²) in [6.07, 6.45) is 3.21. The summed E-state index contributed by atoms with van der Waals surface area (Å²) in [6, 6.07) is 8.22. The third kappa shape index (κ3) is 5.50. The van der Waals surface area contributed by atoms with Crippen molar-refractivity contribution in [3.05, 3.63) is 29.8 Å². The van der Waals surface area contributed by atoms with Crippen LogP contribution >= 0.6 is 12.4 Å². The molecule has 0 spiro atoms. The monoisotopic (exact) mass is 326 g/mol. The van der Waals surface area contributed by atoms with Crippen LogP contribution in [0.15, 0.2) is 24.3 Å². The van der Waals surface area contributed by atoms with Crippen LogP contribution in [0, 0.1) is 0 Å². The smallest absolute Gasteiger partial charge is 0.258 e. The summed E-state index contributed by atoms with van der Waals surface area (Å²) < 4.78 is 5.73. The minimum atomic E-state index is -0.0392. The molecule has 1 heterocycles. The summed E-state index contributed by atoms with van der Waals surface area (Å²) in [4.78, 5) is 12.0. The number of para-hydroxylation sites is 1. The summed E-state index contributed by atoms with van der Waals surface area (Å²) in [6.45, 7) is 6.32. The first-order chi connectivity index (χ1) is 10.2. The van der Waals surface area contributed by atoms with Gasteiger partial charge in [-0.05, 0) is 43.4 Å². The van der Waals surface area contributed by atoms with Crippen LogP contribution < -0.4 is 15.4 Å². The molecule has 22 heavy (non-hydrogen) atoms. The van der Waals surface area contributed by atoms with Crippen molar-refractivity contribution in [2.75, 3.05) is 19.7 Å². The molecule has 124 valence electrons. The van der Waals surface area contributed by atoms with E-state index in [0.717, 1.165) is 38.1 Å². The minimum absolute atomic E-state index is 0. The van der Waals surface area contributed by atoms with E-state index in [9.17, 15) is 4.79 Å². The lowest BCUT2D eigenvalue weighted by molar-refractivity contribution is -0.123. The second kappa shape index (κ2) is 9.70. The quantitative estimate of drug-likeness (QED) is 0.845. The van der Waals surface area contributed by atoms with Gasteiger partial charge in [0.15, 0.2) is 6.61 Å². The molecule has 1 saturated heterocycles. The summed E-state index contributed by atoms with van der Waals surface area (Å²) in [7, 11) is 0. The van der Waals surface area contributed by atoms with Gasteiger partial charge in [0.05, 0.1) is 0 Å². The average molecular weight is 327 g/mol. The molecule has 0 saturated carbocycles. The Kier molecular flexibility index (Phi) is 8.28. The maximum atomic E-state index is 12.0. The number of carbonyl (C=O) groups excluding carboxylic acids is 1. The fraction of sp³-hybridized carbons (Fsp3) is 0.588. The van der Waals surface area contributed by atoms with Crippen molar-refractivity contribution in [3.63, 3.8) is 0 Å². The Morgan fingerprint density at radius 1 is 1.45 bits per heavy atom. The summed E-state index contributed by atoms with van der Waals surface area (Å²) >= 11 is 0. The molecular formula is C17H27ClN2O2. The van der Waals surface area contributed by atoms with E-state index in [1.54, 1.807) is 0 Å². The fourth-order valence-corrected chi connectivity index (χ4v) is 2.63. The third-order valence-corrected chi connectivity index (χ3v) is 4.08. The first kappa shape index (κ1) is 18.8. The molecule has 1 fully saturated rings. The predicted octanol–water partition coefficient (Wildman–Crippen LogP) is 2.87. The van der Waals surface area contributed by atoms with Crippen molar-refractivity contribution in [1.82, 2.24) is 10.6 Å². The Morgan fingerprint density at radius 2 is 2.23 bits per heavy atom. The van der Waals surface area contributed by atoms with Crippen molar-refractivity contribution >= 4 is 18.3 Å². The van der Waals surface area contributed by atoms with E-state index >= 15 is 0 Å². The zero-order valence-electron chi connectivity index (χ0n) is 13.4. The van der Waals surface area contributed by atoms with Crippen LogP contribution in [0.2, 0.25) is 0 Å². The lowest BCUT2D eigenvalue weighted by atomic mass is 9.98. The molecule has 2 N–H and O–H groups in total. The lowest BCUT2D eigenvalue weighted by Gasteiger charge is -2.24. The number of nitrogens with one attached hydrogen (secondary N) is 2. The molecule has 1 aromatic rings. The van der Waals surface area contributed by atoms with Crippen molar-refractivity contribution < 1.29 is 9.53 Å². The average Bonchev–Trinajstić information content (AvgIpc) is 2.53. The molecule has 1 aliphatic heterocycles. The Bertz CT molecular complexity index is 462. The SMILES string of the molecule is CCC(C)c1ccccc1OCC(=O)N[C@H]1CCCNC1.Cl. The minimum Gasteiger partial charge on any atom is -0.483 e. The van der Waals surface area contributed by atoms with Crippen LogP contribution in [-0.4, -0.2) is 31.6 Å². The Balaban J connectivity index is 0.00000242. The van der Waals surface area contributed by atoms with Gasteiger partial charge in [-0.1, -0.05) is 32.0 Å². The Labute approximate surface area is 139 Å². The van der Waals surface area contributed by atoms with Gasteiger partial charge in [0, 0.05) is 12.6 Å². The van der Waals surface area contributed by atoms with Crippen LogP contribution in [0.1, 0.15) is 44.6 Å². The first-order valence-corrected chi connectivity index (χ1v) is 7.92. The zero-order chi connectivity index (χ0) is 15.1. The number of ether oxygens (including phenoxy) is 1. The van der Waals surface area contributed by atoms with Crippen molar-refractivity contribution in [2.45, 2.75) is 45.1 Å².